The fourth-order valence-electron chi connectivity index (χ4n) is 8.74. The summed E-state index contributed by atoms with van der Waals surface area (Å²) in [5.41, 5.74) is -0.600. The molecule has 2 unspecified atom stereocenters. The van der Waals surface area contributed by atoms with Crippen molar-refractivity contribution in [2.24, 2.45) is 23.7 Å². The van der Waals surface area contributed by atoms with E-state index in [4.69, 9.17) is 9.47 Å². The van der Waals surface area contributed by atoms with Gasteiger partial charge in [-0.05, 0) is 114 Å². The molecule has 0 saturated heterocycles. The van der Waals surface area contributed by atoms with E-state index in [9.17, 15) is 14.7 Å². The van der Waals surface area contributed by atoms with Crippen LogP contribution in [0.4, 0.5) is 0 Å². The highest BCUT2D eigenvalue weighted by atomic mass is 16.5. The summed E-state index contributed by atoms with van der Waals surface area (Å²) in [6.45, 7) is 23.1. The van der Waals surface area contributed by atoms with Gasteiger partial charge < -0.3 is 19.5 Å². The Morgan fingerprint density at radius 3 is 1.20 bits per heavy atom. The molecule has 0 rings (SSSR count). The van der Waals surface area contributed by atoms with E-state index in [-0.39, 0.29) is 11.9 Å². The van der Waals surface area contributed by atoms with Gasteiger partial charge in [0, 0.05) is 12.8 Å². The second kappa shape index (κ2) is 40.9. The zero-order chi connectivity index (χ0) is 43.8. The van der Waals surface area contributed by atoms with Gasteiger partial charge in [-0.1, -0.05) is 184 Å². The molecular formula is C53H105NO5. The number of esters is 2. The average molecular weight is 836 g/mol. The second-order valence-corrected chi connectivity index (χ2v) is 20.1. The monoisotopic (exact) mass is 836 g/mol. The van der Waals surface area contributed by atoms with Gasteiger partial charge in [-0.25, -0.2) is 0 Å². The van der Waals surface area contributed by atoms with Crippen molar-refractivity contribution < 1.29 is 24.2 Å². The van der Waals surface area contributed by atoms with E-state index in [0.717, 1.165) is 139 Å². The van der Waals surface area contributed by atoms with Gasteiger partial charge in [0.25, 0.3) is 0 Å². The number of rotatable bonds is 45. The largest absolute Gasteiger partial charge is 0.466 e. The molecule has 1 N–H and O–H groups in total. The Labute approximate surface area is 369 Å². The molecule has 0 fully saturated rings. The van der Waals surface area contributed by atoms with Gasteiger partial charge in [0.15, 0.2) is 0 Å². The summed E-state index contributed by atoms with van der Waals surface area (Å²) in [7, 11) is 0. The molecule has 6 nitrogen and oxygen atoms in total. The van der Waals surface area contributed by atoms with Crippen molar-refractivity contribution in [3.05, 3.63) is 0 Å². The van der Waals surface area contributed by atoms with Crippen molar-refractivity contribution in [3.63, 3.8) is 0 Å². The summed E-state index contributed by atoms with van der Waals surface area (Å²) in [6, 6.07) is 0. The first-order valence-electron chi connectivity index (χ1n) is 26.2. The van der Waals surface area contributed by atoms with Crippen LogP contribution in [-0.2, 0) is 19.1 Å². The molecule has 0 aliphatic carbocycles. The van der Waals surface area contributed by atoms with Crippen LogP contribution in [0.1, 0.15) is 267 Å². The lowest BCUT2D eigenvalue weighted by atomic mass is 9.85. The SMILES string of the molecule is CCCN(CCC)CCCCC(O)(CCCCCCOC(=O)CCCCCCC(C)CCCC(C)C)CCCCCCOC(=O)CCCCCCC(C)CCCC(C)C. The van der Waals surface area contributed by atoms with E-state index in [1.54, 1.807) is 0 Å². The first-order chi connectivity index (χ1) is 28.4. The van der Waals surface area contributed by atoms with Crippen LogP contribution >= 0.6 is 0 Å². The summed E-state index contributed by atoms with van der Waals surface area (Å²) in [5.74, 6) is 3.20. The number of ether oxygens (including phenoxy) is 2. The maximum Gasteiger partial charge on any atom is 0.305 e. The van der Waals surface area contributed by atoms with Crippen LogP contribution in [0, 0.1) is 23.7 Å². The van der Waals surface area contributed by atoms with E-state index in [1.165, 1.54) is 103 Å². The van der Waals surface area contributed by atoms with Gasteiger partial charge in [-0.3, -0.25) is 9.59 Å². The third-order valence-electron chi connectivity index (χ3n) is 12.7. The molecule has 0 radical (unpaired) electrons. The summed E-state index contributed by atoms with van der Waals surface area (Å²) in [6.07, 6.45) is 36.2. The maximum atomic E-state index is 12.3. The highest BCUT2D eigenvalue weighted by molar-refractivity contribution is 5.69. The van der Waals surface area contributed by atoms with Crippen LogP contribution in [0.2, 0.25) is 0 Å². The van der Waals surface area contributed by atoms with Crippen molar-refractivity contribution >= 4 is 11.9 Å². The minimum Gasteiger partial charge on any atom is -0.466 e. The zero-order valence-corrected chi connectivity index (χ0v) is 41.2. The molecule has 352 valence electrons. The van der Waals surface area contributed by atoms with E-state index < -0.39 is 5.60 Å². The van der Waals surface area contributed by atoms with Crippen LogP contribution in [0.15, 0.2) is 0 Å². The van der Waals surface area contributed by atoms with Crippen molar-refractivity contribution in [3.8, 4) is 0 Å². The summed E-state index contributed by atoms with van der Waals surface area (Å²) >= 11 is 0. The number of unbranched alkanes of at least 4 members (excludes halogenated alkanes) is 13. The molecule has 2 atom stereocenters. The number of nitrogens with zero attached hydrogens (tertiary/aromatic N) is 1. The molecule has 0 amide bonds. The smallest absolute Gasteiger partial charge is 0.305 e. The van der Waals surface area contributed by atoms with Gasteiger partial charge in [0.05, 0.1) is 18.8 Å². The lowest BCUT2D eigenvalue weighted by Crippen LogP contribution is -2.30. The molecule has 0 spiro atoms. The first-order valence-corrected chi connectivity index (χ1v) is 26.2. The predicted molar refractivity (Wildman–Crippen MR) is 255 cm³/mol. The fraction of sp³-hybridized carbons (Fsp3) is 0.962. The summed E-state index contributed by atoms with van der Waals surface area (Å²) in [4.78, 5) is 27.1. The number of carbonyl (C=O) groups is 2. The molecule has 0 aromatic rings. The average Bonchev–Trinajstić information content (AvgIpc) is 3.18. The molecular weight excluding hydrogens is 731 g/mol. The topological polar surface area (TPSA) is 76.1 Å². The van der Waals surface area contributed by atoms with Crippen molar-refractivity contribution in [1.82, 2.24) is 4.90 Å². The van der Waals surface area contributed by atoms with Gasteiger partial charge in [0.1, 0.15) is 0 Å². The summed E-state index contributed by atoms with van der Waals surface area (Å²) < 4.78 is 11.1. The van der Waals surface area contributed by atoms with Crippen LogP contribution in [0.5, 0.6) is 0 Å². The first kappa shape index (κ1) is 57.9. The molecule has 59 heavy (non-hydrogen) atoms. The molecule has 0 aromatic carbocycles. The van der Waals surface area contributed by atoms with Gasteiger partial charge in [-0.15, -0.1) is 0 Å². The van der Waals surface area contributed by atoms with E-state index >= 15 is 0 Å². The van der Waals surface area contributed by atoms with Crippen molar-refractivity contribution in [1.29, 1.82) is 0 Å². The Morgan fingerprint density at radius 2 is 0.797 bits per heavy atom. The van der Waals surface area contributed by atoms with Gasteiger partial charge in [-0.2, -0.15) is 0 Å². The fourth-order valence-corrected chi connectivity index (χ4v) is 8.74. The normalized spacial score (nSPS) is 14.0. The summed E-state index contributed by atoms with van der Waals surface area (Å²) in [5, 5.41) is 11.8. The maximum absolute atomic E-state index is 12.3. The van der Waals surface area contributed by atoms with Crippen LogP contribution in [-0.4, -0.2) is 60.4 Å². The zero-order valence-electron chi connectivity index (χ0n) is 41.2. The predicted octanol–water partition coefficient (Wildman–Crippen LogP) is 15.6. The standard InChI is InChI=1S/C53H105NO5/c1-9-42-54(43-10-2)44-26-25-41-53(57,39-23-15-17-27-45-58-51(55)37-21-13-11-19-33-49(7)35-29-31-47(3)4)40-24-16-18-28-46-59-52(56)38-22-14-12-20-34-50(8)36-30-32-48(5)6/h47-50,57H,9-46H2,1-8H3. The second-order valence-electron chi connectivity index (χ2n) is 20.1. The Hall–Kier alpha value is -1.14. The number of aliphatic hydroxyl groups is 1. The van der Waals surface area contributed by atoms with Crippen LogP contribution < -0.4 is 0 Å². The Morgan fingerprint density at radius 1 is 0.441 bits per heavy atom. The Bertz CT molecular complexity index is 858. The van der Waals surface area contributed by atoms with Crippen molar-refractivity contribution in [2.45, 2.75) is 273 Å². The molecule has 0 heterocycles. The number of carbonyl (C=O) groups excluding carboxylic acids is 2. The third-order valence-corrected chi connectivity index (χ3v) is 12.7. The van der Waals surface area contributed by atoms with Gasteiger partial charge >= 0.3 is 11.9 Å². The minimum absolute atomic E-state index is 0.0371. The molecule has 0 bridgehead atoms. The van der Waals surface area contributed by atoms with E-state index in [2.05, 4.69) is 60.3 Å². The van der Waals surface area contributed by atoms with Crippen molar-refractivity contribution in [2.75, 3.05) is 32.8 Å². The van der Waals surface area contributed by atoms with Crippen LogP contribution in [0.25, 0.3) is 0 Å². The molecule has 6 heteroatoms. The Balaban J connectivity index is 4.27. The minimum atomic E-state index is -0.600. The van der Waals surface area contributed by atoms with Gasteiger partial charge in [0.2, 0.25) is 0 Å². The Kier molecular flexibility index (Phi) is 40.1. The number of hydrogen-bond acceptors (Lipinski definition) is 6. The lowest BCUT2D eigenvalue weighted by molar-refractivity contribution is -0.144. The lowest BCUT2D eigenvalue weighted by Gasteiger charge is -2.29. The highest BCUT2D eigenvalue weighted by Gasteiger charge is 2.25. The molecule has 0 saturated carbocycles. The van der Waals surface area contributed by atoms with E-state index in [0.29, 0.717) is 26.1 Å². The molecule has 0 aliphatic heterocycles. The molecule has 0 aliphatic rings. The van der Waals surface area contributed by atoms with Crippen LogP contribution in [0.3, 0.4) is 0 Å². The quantitative estimate of drug-likeness (QED) is 0.0486. The van der Waals surface area contributed by atoms with E-state index in [1.807, 2.05) is 0 Å². The molecule has 0 aromatic heterocycles. The number of hydrogen-bond donors (Lipinski definition) is 1. The third kappa shape index (κ3) is 40.7. The highest BCUT2D eigenvalue weighted by Crippen LogP contribution is 2.29.